The fourth-order valence-electron chi connectivity index (χ4n) is 4.66. The Kier molecular flexibility index (Phi) is 10.7. The third kappa shape index (κ3) is 6.65. The maximum atomic E-state index is 10.5. The molecule has 2 aromatic rings. The minimum atomic E-state index is -0.909. The van der Waals surface area contributed by atoms with Crippen LogP contribution in [0.4, 0.5) is 0 Å². The second kappa shape index (κ2) is 13.0. The molecule has 0 fully saturated rings. The highest BCUT2D eigenvalue weighted by Crippen LogP contribution is 2.41. The van der Waals surface area contributed by atoms with Crippen molar-refractivity contribution in [3.63, 3.8) is 0 Å². The Bertz CT molecular complexity index is 975. The molecule has 186 valence electrons. The van der Waals surface area contributed by atoms with Crippen LogP contribution in [0.1, 0.15) is 100 Å². The van der Waals surface area contributed by atoms with E-state index < -0.39 is 5.60 Å². The first-order chi connectivity index (χ1) is 16.3. The molecule has 0 spiro atoms. The van der Waals surface area contributed by atoms with E-state index in [9.17, 15) is 5.11 Å². The highest BCUT2D eigenvalue weighted by atomic mass is 16.5. The smallest absolute Gasteiger partial charge is 0.125 e. The van der Waals surface area contributed by atoms with Crippen molar-refractivity contribution in [1.82, 2.24) is 0 Å². The highest BCUT2D eigenvalue weighted by Gasteiger charge is 2.31. The van der Waals surface area contributed by atoms with Crippen LogP contribution in [-0.4, -0.2) is 23.9 Å². The van der Waals surface area contributed by atoms with Crippen molar-refractivity contribution in [3.8, 4) is 17.6 Å². The highest BCUT2D eigenvalue weighted by molar-refractivity contribution is 5.50. The molecule has 0 saturated carbocycles. The van der Waals surface area contributed by atoms with Crippen LogP contribution in [0.15, 0.2) is 36.4 Å². The van der Waals surface area contributed by atoms with Gasteiger partial charge in [-0.25, -0.2) is 0 Å². The van der Waals surface area contributed by atoms with Gasteiger partial charge in [-0.15, -0.1) is 0 Å². The van der Waals surface area contributed by atoms with Crippen LogP contribution in [0.3, 0.4) is 0 Å². The van der Waals surface area contributed by atoms with E-state index >= 15 is 0 Å². The van der Waals surface area contributed by atoms with E-state index in [0.717, 1.165) is 62.1 Å². The Morgan fingerprint density at radius 1 is 0.824 bits per heavy atom. The van der Waals surface area contributed by atoms with E-state index in [1.165, 1.54) is 16.7 Å². The van der Waals surface area contributed by atoms with Crippen molar-refractivity contribution >= 4 is 0 Å². The second-order valence-electron chi connectivity index (χ2n) is 9.49. The van der Waals surface area contributed by atoms with Gasteiger partial charge in [-0.1, -0.05) is 63.8 Å². The molecule has 2 rings (SSSR count). The van der Waals surface area contributed by atoms with Crippen molar-refractivity contribution in [2.24, 2.45) is 5.73 Å². The van der Waals surface area contributed by atoms with Gasteiger partial charge >= 0.3 is 0 Å². The number of unbranched alkanes of at least 4 members (excludes halogenated alkanes) is 2. The maximum absolute atomic E-state index is 10.5. The summed E-state index contributed by atoms with van der Waals surface area (Å²) in [6.45, 7) is 14.2. The van der Waals surface area contributed by atoms with Gasteiger partial charge in [0.15, 0.2) is 0 Å². The van der Waals surface area contributed by atoms with Gasteiger partial charge in [0.05, 0.1) is 6.61 Å². The van der Waals surface area contributed by atoms with E-state index in [2.05, 4.69) is 75.9 Å². The first-order valence-electron chi connectivity index (χ1n) is 13.1. The first-order valence-corrected chi connectivity index (χ1v) is 13.1. The fraction of sp³-hybridized carbons (Fsp3) is 0.548. The number of aryl methyl sites for hydroxylation is 2. The number of hydrogen-bond donors (Lipinski definition) is 2. The summed E-state index contributed by atoms with van der Waals surface area (Å²) in [5, 5.41) is 10.5. The monoisotopic (exact) mass is 463 g/mol. The lowest BCUT2D eigenvalue weighted by atomic mass is 9.70. The zero-order chi connectivity index (χ0) is 25.2. The average molecular weight is 464 g/mol. The van der Waals surface area contributed by atoms with Gasteiger partial charge in [0.1, 0.15) is 11.4 Å². The Morgan fingerprint density at radius 3 is 1.97 bits per heavy atom. The van der Waals surface area contributed by atoms with Crippen LogP contribution in [0.2, 0.25) is 0 Å². The Morgan fingerprint density at radius 2 is 1.44 bits per heavy atom. The van der Waals surface area contributed by atoms with Crippen molar-refractivity contribution in [3.05, 3.63) is 64.2 Å². The minimum Gasteiger partial charge on any atom is -0.493 e. The van der Waals surface area contributed by atoms with E-state index in [4.69, 9.17) is 10.5 Å². The fourth-order valence-corrected chi connectivity index (χ4v) is 4.66. The molecule has 2 aromatic carbocycles. The predicted molar refractivity (Wildman–Crippen MR) is 145 cm³/mol. The molecule has 3 N–H and O–H groups in total. The SMILES string of the molecule is CCC(O)(C#Cc1ccc(C(CC)(CC)c2ccc(OCCCCCN)c(C)c2)cc1C)CC. The maximum Gasteiger partial charge on any atom is 0.125 e. The lowest BCUT2D eigenvalue weighted by Gasteiger charge is -2.34. The molecule has 0 aliphatic heterocycles. The largest absolute Gasteiger partial charge is 0.493 e. The Hall–Kier alpha value is -2.28. The van der Waals surface area contributed by atoms with Crippen LogP contribution in [0.25, 0.3) is 0 Å². The standard InChI is InChI=1S/C31H45NO2/c1-7-30(33,8-2)19-18-26-14-15-27(22-24(26)5)31(9-3,10-4)28-16-17-29(25(6)23-28)34-21-13-11-12-20-32/h14-17,22-23,33H,7-13,20-21,32H2,1-6H3. The molecular weight excluding hydrogens is 418 g/mol. The summed E-state index contributed by atoms with van der Waals surface area (Å²) in [6, 6.07) is 13.3. The van der Waals surface area contributed by atoms with Gasteiger partial charge in [-0.2, -0.15) is 0 Å². The van der Waals surface area contributed by atoms with Crippen LogP contribution in [-0.2, 0) is 5.41 Å². The number of rotatable bonds is 12. The molecule has 0 unspecified atom stereocenters. The number of aliphatic hydroxyl groups is 1. The molecule has 0 aliphatic rings. The summed E-state index contributed by atoms with van der Waals surface area (Å²) in [5.41, 5.74) is 10.6. The van der Waals surface area contributed by atoms with Crippen molar-refractivity contribution in [1.29, 1.82) is 0 Å². The van der Waals surface area contributed by atoms with E-state index in [0.29, 0.717) is 12.8 Å². The summed E-state index contributed by atoms with van der Waals surface area (Å²) in [6.07, 6.45) is 6.49. The van der Waals surface area contributed by atoms with Gasteiger partial charge in [0.25, 0.3) is 0 Å². The Balaban J connectivity index is 2.33. The van der Waals surface area contributed by atoms with Crippen LogP contribution in [0.5, 0.6) is 5.75 Å². The van der Waals surface area contributed by atoms with Gasteiger partial charge in [0.2, 0.25) is 0 Å². The summed E-state index contributed by atoms with van der Waals surface area (Å²) >= 11 is 0. The van der Waals surface area contributed by atoms with Crippen molar-refractivity contribution < 1.29 is 9.84 Å². The molecule has 3 heteroatoms. The molecule has 3 nitrogen and oxygen atoms in total. The topological polar surface area (TPSA) is 55.5 Å². The van der Waals surface area contributed by atoms with Crippen LogP contribution >= 0.6 is 0 Å². The third-order valence-corrected chi connectivity index (χ3v) is 7.42. The van der Waals surface area contributed by atoms with Crippen LogP contribution < -0.4 is 10.5 Å². The molecule has 0 saturated heterocycles. The minimum absolute atomic E-state index is 0.0608. The zero-order valence-corrected chi connectivity index (χ0v) is 22.3. The normalized spacial score (nSPS) is 11.8. The van der Waals surface area contributed by atoms with Crippen molar-refractivity contribution in [2.45, 2.75) is 97.5 Å². The first kappa shape index (κ1) is 28.0. The molecular formula is C31H45NO2. The van der Waals surface area contributed by atoms with Gasteiger partial charge in [-0.3, -0.25) is 0 Å². The molecule has 0 heterocycles. The number of ether oxygens (including phenoxy) is 1. The molecule has 0 aliphatic carbocycles. The van der Waals surface area contributed by atoms with Gasteiger partial charge in [0, 0.05) is 11.0 Å². The zero-order valence-electron chi connectivity index (χ0n) is 22.3. The lowest BCUT2D eigenvalue weighted by Crippen LogP contribution is -2.26. The van der Waals surface area contributed by atoms with Crippen LogP contribution in [0, 0.1) is 25.7 Å². The van der Waals surface area contributed by atoms with Gasteiger partial charge in [-0.05, 0) is 99.7 Å². The van der Waals surface area contributed by atoms with Gasteiger partial charge < -0.3 is 15.6 Å². The molecule has 0 radical (unpaired) electrons. The van der Waals surface area contributed by atoms with E-state index in [1.54, 1.807) is 0 Å². The molecule has 0 atom stereocenters. The molecule has 34 heavy (non-hydrogen) atoms. The predicted octanol–water partition coefficient (Wildman–Crippen LogP) is 6.82. The number of nitrogens with two attached hydrogens (primary N) is 1. The summed E-state index contributed by atoms with van der Waals surface area (Å²) in [5.74, 6) is 7.30. The average Bonchev–Trinajstić information content (AvgIpc) is 2.85. The van der Waals surface area contributed by atoms with Crippen molar-refractivity contribution in [2.75, 3.05) is 13.2 Å². The molecule has 0 aromatic heterocycles. The second-order valence-corrected chi connectivity index (χ2v) is 9.49. The number of benzene rings is 2. The summed E-state index contributed by atoms with van der Waals surface area (Å²) in [4.78, 5) is 0. The van der Waals surface area contributed by atoms with E-state index in [-0.39, 0.29) is 5.41 Å². The molecule has 0 amide bonds. The molecule has 0 bridgehead atoms. The van der Waals surface area contributed by atoms with E-state index in [1.807, 2.05) is 13.8 Å². The summed E-state index contributed by atoms with van der Waals surface area (Å²) in [7, 11) is 0. The quantitative estimate of drug-likeness (QED) is 0.268. The number of hydrogen-bond acceptors (Lipinski definition) is 3. The lowest BCUT2D eigenvalue weighted by molar-refractivity contribution is 0.0931. The third-order valence-electron chi connectivity index (χ3n) is 7.42. The Labute approximate surface area is 208 Å². The summed E-state index contributed by atoms with van der Waals surface area (Å²) < 4.78 is 6.06.